The van der Waals surface area contributed by atoms with Gasteiger partial charge in [0, 0.05) is 10.5 Å². The third-order valence-corrected chi connectivity index (χ3v) is 2.42. The van der Waals surface area contributed by atoms with Crippen molar-refractivity contribution >= 4 is 28.0 Å². The van der Waals surface area contributed by atoms with Crippen LogP contribution >= 0.6 is 15.9 Å². The molecule has 0 aliphatic carbocycles. The average Bonchev–Trinajstić information content (AvgIpc) is 2.20. The van der Waals surface area contributed by atoms with Crippen LogP contribution in [0.1, 0.15) is 18.1 Å². The summed E-state index contributed by atoms with van der Waals surface area (Å²) in [5, 5.41) is 0. The first kappa shape index (κ1) is 12.0. The van der Waals surface area contributed by atoms with Crippen LogP contribution in [0.15, 0.2) is 28.7 Å². The number of rotatable bonds is 3. The fourth-order valence-electron chi connectivity index (χ4n) is 1.14. The Morgan fingerprint density at radius 2 is 2.27 bits per heavy atom. The third kappa shape index (κ3) is 3.88. The molecule has 0 heterocycles. The Hall–Kier alpha value is -1.09. The van der Waals surface area contributed by atoms with Crippen LogP contribution in [0.2, 0.25) is 0 Å². The van der Waals surface area contributed by atoms with Crippen molar-refractivity contribution in [1.82, 2.24) is 0 Å². The Morgan fingerprint density at radius 3 is 2.93 bits per heavy atom. The van der Waals surface area contributed by atoms with E-state index in [2.05, 4.69) is 15.9 Å². The van der Waals surface area contributed by atoms with Gasteiger partial charge in [0.2, 0.25) is 0 Å². The van der Waals surface area contributed by atoms with Crippen molar-refractivity contribution < 1.29 is 9.53 Å². The van der Waals surface area contributed by atoms with Gasteiger partial charge in [0.1, 0.15) is 0 Å². The lowest BCUT2D eigenvalue weighted by atomic mass is 10.1. The van der Waals surface area contributed by atoms with E-state index in [1.807, 2.05) is 25.1 Å². The van der Waals surface area contributed by atoms with E-state index < -0.39 is 0 Å². The molecule has 0 saturated carbocycles. The predicted octanol–water partition coefficient (Wildman–Crippen LogP) is 3.33. The number of esters is 1. The zero-order valence-electron chi connectivity index (χ0n) is 8.79. The second-order valence-corrected chi connectivity index (χ2v) is 4.00. The summed E-state index contributed by atoms with van der Waals surface area (Å²) in [5.74, 6) is -0.308. The number of benzene rings is 1. The number of hydrogen-bond donors (Lipinski definition) is 0. The van der Waals surface area contributed by atoms with Crippen LogP contribution < -0.4 is 0 Å². The van der Waals surface area contributed by atoms with Crippen LogP contribution in [0.3, 0.4) is 0 Å². The van der Waals surface area contributed by atoms with Gasteiger partial charge < -0.3 is 4.74 Å². The molecule has 3 heteroatoms. The summed E-state index contributed by atoms with van der Waals surface area (Å²) in [6.45, 7) is 4.19. The molecule has 0 spiro atoms. The molecule has 0 unspecified atom stereocenters. The highest BCUT2D eigenvalue weighted by Crippen LogP contribution is 2.17. The van der Waals surface area contributed by atoms with Crippen molar-refractivity contribution in [2.45, 2.75) is 13.8 Å². The van der Waals surface area contributed by atoms with Gasteiger partial charge in [-0.1, -0.05) is 22.0 Å². The highest BCUT2D eigenvalue weighted by molar-refractivity contribution is 9.10. The van der Waals surface area contributed by atoms with Crippen molar-refractivity contribution in [2.75, 3.05) is 6.61 Å². The Kier molecular flexibility index (Phi) is 4.56. The first-order valence-corrected chi connectivity index (χ1v) is 5.53. The molecule has 1 rings (SSSR count). The molecular formula is C12H13BrO2. The molecule has 0 amide bonds. The minimum Gasteiger partial charge on any atom is -0.463 e. The summed E-state index contributed by atoms with van der Waals surface area (Å²) in [6.07, 6.45) is 3.20. The van der Waals surface area contributed by atoms with Crippen molar-refractivity contribution in [3.05, 3.63) is 39.9 Å². The lowest BCUT2D eigenvalue weighted by Crippen LogP contribution is -1.98. The maximum absolute atomic E-state index is 11.1. The number of carbonyl (C=O) groups is 1. The molecule has 1 aromatic rings. The second-order valence-electron chi connectivity index (χ2n) is 3.09. The lowest BCUT2D eigenvalue weighted by molar-refractivity contribution is -0.137. The van der Waals surface area contributed by atoms with E-state index >= 15 is 0 Å². The van der Waals surface area contributed by atoms with Crippen LogP contribution in [0.25, 0.3) is 6.08 Å². The maximum Gasteiger partial charge on any atom is 0.330 e. The van der Waals surface area contributed by atoms with Gasteiger partial charge in [0.05, 0.1) is 6.61 Å². The van der Waals surface area contributed by atoms with E-state index in [1.165, 1.54) is 6.08 Å². The van der Waals surface area contributed by atoms with E-state index in [0.717, 1.165) is 15.6 Å². The molecule has 15 heavy (non-hydrogen) atoms. The van der Waals surface area contributed by atoms with Gasteiger partial charge in [-0.05, 0) is 43.2 Å². The minimum absolute atomic E-state index is 0.308. The van der Waals surface area contributed by atoms with Crippen molar-refractivity contribution in [3.63, 3.8) is 0 Å². The molecule has 0 atom stereocenters. The fourth-order valence-corrected chi connectivity index (χ4v) is 1.52. The molecule has 2 nitrogen and oxygen atoms in total. The fraction of sp³-hybridized carbons (Fsp3) is 0.250. The first-order chi connectivity index (χ1) is 7.13. The number of aryl methyl sites for hydroxylation is 1. The molecule has 0 bridgehead atoms. The Balaban J connectivity index is 2.79. The topological polar surface area (TPSA) is 26.3 Å². The number of ether oxygens (including phenoxy) is 1. The molecular weight excluding hydrogens is 256 g/mol. The standard InChI is InChI=1S/C12H13BrO2/c1-3-15-12(14)7-5-10-8-11(13)6-4-9(10)2/h4-8H,3H2,1-2H3/b7-5+. The van der Waals surface area contributed by atoms with Crippen LogP contribution in [0.4, 0.5) is 0 Å². The van der Waals surface area contributed by atoms with Gasteiger partial charge in [-0.25, -0.2) is 4.79 Å². The van der Waals surface area contributed by atoms with Crippen LogP contribution in [0.5, 0.6) is 0 Å². The lowest BCUT2D eigenvalue weighted by Gasteiger charge is -2.00. The summed E-state index contributed by atoms with van der Waals surface area (Å²) in [7, 11) is 0. The van der Waals surface area contributed by atoms with E-state index in [1.54, 1.807) is 13.0 Å². The smallest absolute Gasteiger partial charge is 0.330 e. The van der Waals surface area contributed by atoms with Gasteiger partial charge in [-0.3, -0.25) is 0 Å². The van der Waals surface area contributed by atoms with Gasteiger partial charge in [0.15, 0.2) is 0 Å². The van der Waals surface area contributed by atoms with Crippen LogP contribution in [-0.4, -0.2) is 12.6 Å². The Bertz CT molecular complexity index is 383. The minimum atomic E-state index is -0.308. The molecule has 0 N–H and O–H groups in total. The molecule has 0 fully saturated rings. The van der Waals surface area contributed by atoms with Gasteiger partial charge in [-0.15, -0.1) is 0 Å². The summed E-state index contributed by atoms with van der Waals surface area (Å²) in [6, 6.07) is 5.93. The third-order valence-electron chi connectivity index (χ3n) is 1.93. The normalized spacial score (nSPS) is 10.6. The first-order valence-electron chi connectivity index (χ1n) is 4.74. The second kappa shape index (κ2) is 5.71. The van der Waals surface area contributed by atoms with E-state index in [0.29, 0.717) is 6.61 Å². The highest BCUT2D eigenvalue weighted by atomic mass is 79.9. The van der Waals surface area contributed by atoms with Crippen molar-refractivity contribution in [2.24, 2.45) is 0 Å². The molecule has 0 radical (unpaired) electrons. The highest BCUT2D eigenvalue weighted by Gasteiger charge is 1.97. The predicted molar refractivity (Wildman–Crippen MR) is 64.5 cm³/mol. The summed E-state index contributed by atoms with van der Waals surface area (Å²) in [4.78, 5) is 11.1. The van der Waals surface area contributed by atoms with Crippen LogP contribution in [-0.2, 0) is 9.53 Å². The summed E-state index contributed by atoms with van der Waals surface area (Å²) >= 11 is 3.38. The van der Waals surface area contributed by atoms with Crippen molar-refractivity contribution in [1.29, 1.82) is 0 Å². The molecule has 0 aromatic heterocycles. The van der Waals surface area contributed by atoms with Gasteiger partial charge >= 0.3 is 5.97 Å². The molecule has 0 saturated heterocycles. The zero-order chi connectivity index (χ0) is 11.3. The monoisotopic (exact) mass is 268 g/mol. The quantitative estimate of drug-likeness (QED) is 0.621. The van der Waals surface area contributed by atoms with Crippen LogP contribution in [0, 0.1) is 6.92 Å². The number of hydrogen-bond acceptors (Lipinski definition) is 2. The Morgan fingerprint density at radius 1 is 1.53 bits per heavy atom. The van der Waals surface area contributed by atoms with Gasteiger partial charge in [0.25, 0.3) is 0 Å². The molecule has 80 valence electrons. The summed E-state index contributed by atoms with van der Waals surface area (Å²) < 4.78 is 5.79. The van der Waals surface area contributed by atoms with E-state index in [-0.39, 0.29) is 5.97 Å². The van der Waals surface area contributed by atoms with E-state index in [4.69, 9.17) is 4.74 Å². The zero-order valence-corrected chi connectivity index (χ0v) is 10.4. The Labute approximate surface area is 98.1 Å². The number of halogens is 1. The maximum atomic E-state index is 11.1. The molecule has 0 aliphatic rings. The SMILES string of the molecule is CCOC(=O)/C=C/c1cc(Br)ccc1C. The molecule has 0 aliphatic heterocycles. The van der Waals surface area contributed by atoms with E-state index in [9.17, 15) is 4.79 Å². The molecule has 1 aromatic carbocycles. The van der Waals surface area contributed by atoms with Crippen molar-refractivity contribution in [3.8, 4) is 0 Å². The number of carbonyl (C=O) groups excluding carboxylic acids is 1. The largest absolute Gasteiger partial charge is 0.463 e. The summed E-state index contributed by atoms with van der Waals surface area (Å²) in [5.41, 5.74) is 2.14. The average molecular weight is 269 g/mol. The van der Waals surface area contributed by atoms with Gasteiger partial charge in [-0.2, -0.15) is 0 Å².